The highest BCUT2D eigenvalue weighted by atomic mass is 16.4. The SMILES string of the molecule is CC(C)C1(C(=O)O)NC(c2ccc3c(c2)Cc2ccccc2-3)C2C(=O)NC(=O)C21. The highest BCUT2D eigenvalue weighted by Crippen LogP contribution is 2.50. The Balaban J connectivity index is 1.60. The quantitative estimate of drug-likeness (QED) is 0.597. The van der Waals surface area contributed by atoms with Crippen molar-refractivity contribution < 1.29 is 19.5 Å². The van der Waals surface area contributed by atoms with E-state index in [4.69, 9.17) is 0 Å². The van der Waals surface area contributed by atoms with Gasteiger partial charge in [0, 0.05) is 6.04 Å². The maximum atomic E-state index is 12.6. The Kier molecular flexibility index (Phi) is 3.74. The number of rotatable bonds is 3. The van der Waals surface area contributed by atoms with Gasteiger partial charge in [-0.1, -0.05) is 56.3 Å². The van der Waals surface area contributed by atoms with E-state index in [1.807, 2.05) is 24.3 Å². The number of amides is 2. The number of carbonyl (C=O) groups is 3. The first-order chi connectivity index (χ1) is 13.8. The maximum absolute atomic E-state index is 12.6. The molecule has 2 aliphatic heterocycles. The summed E-state index contributed by atoms with van der Waals surface area (Å²) in [5, 5.41) is 15.7. The van der Waals surface area contributed by atoms with Crippen LogP contribution in [0.25, 0.3) is 11.1 Å². The summed E-state index contributed by atoms with van der Waals surface area (Å²) >= 11 is 0. The standard InChI is InChI=1S/C23H22N2O4/c1-11(2)23(22(28)29)18-17(20(26)24-21(18)27)19(25-23)13-7-8-16-14(10-13)9-12-5-3-4-6-15(12)16/h3-8,10-11,17-19,25H,9H2,1-2H3,(H,28,29)(H,24,26,27). The second kappa shape index (κ2) is 6.00. The zero-order chi connectivity index (χ0) is 20.5. The number of hydrogen-bond donors (Lipinski definition) is 3. The molecule has 2 heterocycles. The van der Waals surface area contributed by atoms with Gasteiger partial charge in [-0.05, 0) is 40.2 Å². The zero-order valence-electron chi connectivity index (χ0n) is 16.2. The van der Waals surface area contributed by atoms with Gasteiger partial charge in [0.05, 0.1) is 11.8 Å². The summed E-state index contributed by atoms with van der Waals surface area (Å²) in [7, 11) is 0. The Morgan fingerprint density at radius 2 is 1.79 bits per heavy atom. The van der Waals surface area contributed by atoms with Gasteiger partial charge in [0.2, 0.25) is 11.8 Å². The highest BCUT2D eigenvalue weighted by molar-refractivity contribution is 6.09. The summed E-state index contributed by atoms with van der Waals surface area (Å²) in [6.07, 6.45) is 0.805. The molecule has 2 amide bonds. The van der Waals surface area contributed by atoms with Crippen LogP contribution in [0.3, 0.4) is 0 Å². The van der Waals surface area contributed by atoms with Crippen LogP contribution in [0.15, 0.2) is 42.5 Å². The van der Waals surface area contributed by atoms with Crippen molar-refractivity contribution in [2.75, 3.05) is 0 Å². The minimum absolute atomic E-state index is 0.368. The number of hydrogen-bond acceptors (Lipinski definition) is 4. The number of imide groups is 1. The van der Waals surface area contributed by atoms with Gasteiger partial charge in [-0.25, -0.2) is 0 Å². The zero-order valence-corrected chi connectivity index (χ0v) is 16.2. The van der Waals surface area contributed by atoms with E-state index in [1.54, 1.807) is 13.8 Å². The molecule has 2 aromatic carbocycles. The summed E-state index contributed by atoms with van der Waals surface area (Å²) in [5.41, 5.74) is 4.16. The van der Waals surface area contributed by atoms with Crippen molar-refractivity contribution >= 4 is 17.8 Å². The number of nitrogens with one attached hydrogen (secondary N) is 2. The average molecular weight is 390 g/mol. The van der Waals surface area contributed by atoms with Crippen LogP contribution in [0.2, 0.25) is 0 Å². The van der Waals surface area contributed by atoms with E-state index in [0.29, 0.717) is 0 Å². The second-order valence-electron chi connectivity index (χ2n) is 8.56. The molecule has 29 heavy (non-hydrogen) atoms. The van der Waals surface area contributed by atoms with Gasteiger partial charge in [0.1, 0.15) is 5.54 Å². The molecule has 1 aliphatic carbocycles. The molecule has 4 atom stereocenters. The molecule has 0 bridgehead atoms. The van der Waals surface area contributed by atoms with Crippen LogP contribution in [-0.4, -0.2) is 28.4 Å². The molecular formula is C23H22N2O4. The molecular weight excluding hydrogens is 368 g/mol. The summed E-state index contributed by atoms with van der Waals surface area (Å²) < 4.78 is 0. The minimum atomic E-state index is -1.48. The van der Waals surface area contributed by atoms with Crippen LogP contribution in [0, 0.1) is 17.8 Å². The lowest BCUT2D eigenvalue weighted by Crippen LogP contribution is -2.59. The fourth-order valence-electron chi connectivity index (χ4n) is 5.48. The third kappa shape index (κ3) is 2.29. The number of fused-ring (bicyclic) bond motifs is 4. The lowest BCUT2D eigenvalue weighted by Gasteiger charge is -2.33. The molecule has 6 nitrogen and oxygen atoms in total. The molecule has 5 rings (SSSR count). The molecule has 3 aliphatic rings. The molecule has 0 aromatic heterocycles. The molecule has 4 unspecified atom stereocenters. The molecule has 0 spiro atoms. The Hall–Kier alpha value is -2.99. The lowest BCUT2D eigenvalue weighted by atomic mass is 9.73. The van der Waals surface area contributed by atoms with Crippen LogP contribution in [0.1, 0.15) is 36.6 Å². The van der Waals surface area contributed by atoms with E-state index in [9.17, 15) is 19.5 Å². The van der Waals surface area contributed by atoms with Crippen LogP contribution in [0.4, 0.5) is 0 Å². The third-order valence-corrected chi connectivity index (χ3v) is 6.88. The summed E-state index contributed by atoms with van der Waals surface area (Å²) in [6.45, 7) is 3.55. The smallest absolute Gasteiger partial charge is 0.325 e. The van der Waals surface area contributed by atoms with Crippen molar-refractivity contribution in [3.8, 4) is 11.1 Å². The van der Waals surface area contributed by atoms with E-state index >= 15 is 0 Å². The number of benzene rings is 2. The molecule has 148 valence electrons. The molecule has 2 aromatic rings. The number of carbonyl (C=O) groups excluding carboxylic acids is 2. The fourth-order valence-corrected chi connectivity index (χ4v) is 5.48. The van der Waals surface area contributed by atoms with E-state index in [1.165, 1.54) is 16.7 Å². The van der Waals surface area contributed by atoms with Gasteiger partial charge < -0.3 is 5.11 Å². The fraction of sp³-hybridized carbons (Fsp3) is 0.348. The normalized spacial score (nSPS) is 29.6. The van der Waals surface area contributed by atoms with Crippen LogP contribution in [-0.2, 0) is 20.8 Å². The van der Waals surface area contributed by atoms with E-state index in [0.717, 1.165) is 17.5 Å². The van der Waals surface area contributed by atoms with Crippen molar-refractivity contribution in [3.05, 3.63) is 59.2 Å². The number of carboxylic acids is 1. The minimum Gasteiger partial charge on any atom is -0.480 e. The van der Waals surface area contributed by atoms with Crippen LogP contribution in [0.5, 0.6) is 0 Å². The van der Waals surface area contributed by atoms with Crippen molar-refractivity contribution in [2.24, 2.45) is 17.8 Å². The van der Waals surface area contributed by atoms with E-state index in [2.05, 4.69) is 28.8 Å². The summed E-state index contributed by atoms with van der Waals surface area (Å²) in [6, 6.07) is 13.8. The van der Waals surface area contributed by atoms with E-state index < -0.39 is 41.2 Å². The van der Waals surface area contributed by atoms with Crippen LogP contribution >= 0.6 is 0 Å². The van der Waals surface area contributed by atoms with Gasteiger partial charge in [-0.3, -0.25) is 25.0 Å². The highest BCUT2D eigenvalue weighted by Gasteiger charge is 2.67. The predicted octanol–water partition coefficient (Wildman–Crippen LogP) is 2.27. The monoisotopic (exact) mass is 390 g/mol. The first kappa shape index (κ1) is 18.1. The predicted molar refractivity (Wildman–Crippen MR) is 106 cm³/mol. The molecule has 0 saturated carbocycles. The van der Waals surface area contributed by atoms with Crippen molar-refractivity contribution in [1.82, 2.24) is 10.6 Å². The first-order valence-electron chi connectivity index (χ1n) is 9.91. The van der Waals surface area contributed by atoms with Gasteiger partial charge >= 0.3 is 5.97 Å². The van der Waals surface area contributed by atoms with Crippen molar-refractivity contribution in [2.45, 2.75) is 31.8 Å². The summed E-state index contributed by atoms with van der Waals surface area (Å²) in [4.78, 5) is 37.5. The second-order valence-corrected chi connectivity index (χ2v) is 8.56. The van der Waals surface area contributed by atoms with Gasteiger partial charge in [-0.2, -0.15) is 0 Å². The topological polar surface area (TPSA) is 95.5 Å². The Labute approximate surface area is 168 Å². The van der Waals surface area contributed by atoms with Crippen LogP contribution < -0.4 is 10.6 Å². The number of aliphatic carboxylic acids is 1. The average Bonchev–Trinajstić information content (AvgIpc) is 3.32. The largest absolute Gasteiger partial charge is 0.480 e. The molecule has 3 N–H and O–H groups in total. The summed E-state index contributed by atoms with van der Waals surface area (Å²) in [5.74, 6) is -4.02. The third-order valence-electron chi connectivity index (χ3n) is 6.88. The Bertz CT molecular complexity index is 1080. The van der Waals surface area contributed by atoms with Gasteiger partial charge in [-0.15, -0.1) is 0 Å². The lowest BCUT2D eigenvalue weighted by molar-refractivity contribution is -0.151. The molecule has 0 radical (unpaired) electrons. The Morgan fingerprint density at radius 1 is 1.07 bits per heavy atom. The first-order valence-corrected chi connectivity index (χ1v) is 9.91. The van der Waals surface area contributed by atoms with Crippen molar-refractivity contribution in [1.29, 1.82) is 0 Å². The molecule has 6 heteroatoms. The maximum Gasteiger partial charge on any atom is 0.325 e. The van der Waals surface area contributed by atoms with E-state index in [-0.39, 0.29) is 5.92 Å². The van der Waals surface area contributed by atoms with Gasteiger partial charge in [0.15, 0.2) is 0 Å². The molecule has 2 saturated heterocycles. The van der Waals surface area contributed by atoms with Crippen molar-refractivity contribution in [3.63, 3.8) is 0 Å². The Morgan fingerprint density at radius 3 is 2.52 bits per heavy atom. The van der Waals surface area contributed by atoms with Gasteiger partial charge in [0.25, 0.3) is 0 Å². The molecule has 2 fully saturated rings. The number of carboxylic acid groups (broad SMARTS) is 1.